The predicted octanol–water partition coefficient (Wildman–Crippen LogP) is 1.71. The van der Waals surface area contributed by atoms with Crippen molar-refractivity contribution >= 4 is 11.6 Å². The lowest BCUT2D eigenvalue weighted by Crippen LogP contribution is -2.26. The van der Waals surface area contributed by atoms with Crippen LogP contribution in [0.4, 0.5) is 0 Å². The summed E-state index contributed by atoms with van der Waals surface area (Å²) in [6, 6.07) is 6.87. The first-order chi connectivity index (χ1) is 14.4. The Labute approximate surface area is 175 Å². The molecule has 3 aromatic heterocycles. The quantitative estimate of drug-likeness (QED) is 0.493. The number of aliphatic hydroxyl groups is 1. The monoisotopic (exact) mass is 427 g/mol. The highest BCUT2D eigenvalue weighted by Gasteiger charge is 2.17. The minimum absolute atomic E-state index is 0.0135. The van der Waals surface area contributed by atoms with Crippen molar-refractivity contribution in [2.24, 2.45) is 7.05 Å². The minimum atomic E-state index is -0.805. The molecule has 1 aromatic carbocycles. The molecule has 0 aliphatic rings. The van der Waals surface area contributed by atoms with Crippen LogP contribution in [0.15, 0.2) is 46.1 Å². The van der Waals surface area contributed by atoms with Gasteiger partial charge >= 0.3 is 0 Å². The fourth-order valence-electron chi connectivity index (χ4n) is 2.93. The second-order valence-electron chi connectivity index (χ2n) is 6.76. The zero-order valence-corrected chi connectivity index (χ0v) is 17.0. The maximum atomic E-state index is 12.7. The lowest BCUT2D eigenvalue weighted by molar-refractivity contribution is 0.174. The van der Waals surface area contributed by atoms with Crippen LogP contribution in [0, 0.1) is 6.92 Å². The molecule has 0 bridgehead atoms. The van der Waals surface area contributed by atoms with Crippen LogP contribution < -0.4 is 5.56 Å². The summed E-state index contributed by atoms with van der Waals surface area (Å²) in [6.07, 6.45) is 2.45. The van der Waals surface area contributed by atoms with Gasteiger partial charge in [-0.1, -0.05) is 28.9 Å². The Hall–Kier alpha value is -3.37. The van der Waals surface area contributed by atoms with Crippen molar-refractivity contribution in [1.29, 1.82) is 0 Å². The lowest BCUT2D eigenvalue weighted by Gasteiger charge is -2.08. The van der Waals surface area contributed by atoms with Crippen LogP contribution in [0.3, 0.4) is 0 Å². The van der Waals surface area contributed by atoms with Gasteiger partial charge in [0.1, 0.15) is 12.9 Å². The molecule has 0 saturated carbocycles. The fraction of sp³-hybridized carbons (Fsp3) is 0.263. The van der Waals surface area contributed by atoms with Crippen molar-refractivity contribution in [3.8, 4) is 11.4 Å². The van der Waals surface area contributed by atoms with Gasteiger partial charge in [-0.25, -0.2) is 9.67 Å². The Morgan fingerprint density at radius 1 is 1.27 bits per heavy atom. The van der Waals surface area contributed by atoms with Gasteiger partial charge in [-0.2, -0.15) is 15.2 Å². The fourth-order valence-corrected chi connectivity index (χ4v) is 3.05. The van der Waals surface area contributed by atoms with Gasteiger partial charge in [0, 0.05) is 29.6 Å². The summed E-state index contributed by atoms with van der Waals surface area (Å²) in [5.41, 5.74) is 1.42. The number of aromatic nitrogens is 7. The van der Waals surface area contributed by atoms with Crippen LogP contribution in [0.2, 0.25) is 5.02 Å². The van der Waals surface area contributed by atoms with E-state index in [2.05, 4.69) is 25.3 Å². The normalized spacial score (nSPS) is 12.3. The molecule has 4 rings (SSSR count). The molecule has 0 aliphatic heterocycles. The number of aryl methyl sites for hydroxylation is 1. The molecule has 0 radical (unpaired) electrons. The number of rotatable bonds is 6. The number of benzene rings is 1. The van der Waals surface area contributed by atoms with Gasteiger partial charge in [0.15, 0.2) is 11.6 Å². The molecule has 4 aromatic rings. The van der Waals surface area contributed by atoms with Crippen LogP contribution >= 0.6 is 11.6 Å². The molecular formula is C19H18ClN7O3. The molecule has 0 saturated heterocycles. The minimum Gasteiger partial charge on any atom is -0.388 e. The second-order valence-corrected chi connectivity index (χ2v) is 7.20. The van der Waals surface area contributed by atoms with Crippen molar-refractivity contribution in [2.75, 3.05) is 0 Å². The third-order valence-electron chi connectivity index (χ3n) is 4.55. The van der Waals surface area contributed by atoms with E-state index in [-0.39, 0.29) is 24.4 Å². The van der Waals surface area contributed by atoms with Gasteiger partial charge in [0.2, 0.25) is 5.89 Å². The van der Waals surface area contributed by atoms with E-state index < -0.39 is 6.10 Å². The molecule has 0 unspecified atom stereocenters. The Kier molecular flexibility index (Phi) is 5.42. The smallest absolute Gasteiger partial charge is 0.270 e. The van der Waals surface area contributed by atoms with Crippen LogP contribution in [0.5, 0.6) is 0 Å². The molecule has 10 nitrogen and oxygen atoms in total. The summed E-state index contributed by atoms with van der Waals surface area (Å²) >= 11 is 5.86. The molecule has 154 valence electrons. The largest absolute Gasteiger partial charge is 0.388 e. The zero-order valence-electron chi connectivity index (χ0n) is 16.2. The van der Waals surface area contributed by atoms with Crippen LogP contribution in [-0.2, 0) is 20.0 Å². The topological polar surface area (TPSA) is 125 Å². The summed E-state index contributed by atoms with van der Waals surface area (Å²) in [5, 5.41) is 23.2. The molecule has 0 fully saturated rings. The second kappa shape index (κ2) is 8.17. The van der Waals surface area contributed by atoms with Crippen LogP contribution in [0.25, 0.3) is 11.4 Å². The molecule has 0 aliphatic carbocycles. The first-order valence-electron chi connectivity index (χ1n) is 9.08. The lowest BCUT2D eigenvalue weighted by atomic mass is 10.1. The van der Waals surface area contributed by atoms with Gasteiger partial charge in [-0.3, -0.25) is 9.48 Å². The van der Waals surface area contributed by atoms with Crippen molar-refractivity contribution in [3.63, 3.8) is 0 Å². The average molecular weight is 428 g/mol. The van der Waals surface area contributed by atoms with E-state index in [0.717, 1.165) is 0 Å². The van der Waals surface area contributed by atoms with E-state index in [1.54, 1.807) is 49.2 Å². The van der Waals surface area contributed by atoms with Crippen molar-refractivity contribution in [2.45, 2.75) is 26.0 Å². The highest BCUT2D eigenvalue weighted by Crippen LogP contribution is 2.19. The number of hydrogen-bond donors (Lipinski definition) is 1. The van der Waals surface area contributed by atoms with Gasteiger partial charge < -0.3 is 9.63 Å². The molecule has 3 heterocycles. The Morgan fingerprint density at radius 3 is 2.73 bits per heavy atom. The molecule has 11 heteroatoms. The standard InChI is InChI=1S/C19H18ClN7O3/c1-11-14(18-21-10-26(2)24-18)8-22-27(19(11)29)9-17-23-16(25-30-17)7-15(28)12-3-5-13(20)6-4-12/h3-6,8,10,15,28H,7,9H2,1-2H3/t15-/m0/s1. The van der Waals surface area contributed by atoms with E-state index in [0.29, 0.717) is 33.4 Å². The Balaban J connectivity index is 1.49. The van der Waals surface area contributed by atoms with Gasteiger partial charge in [0.25, 0.3) is 5.56 Å². The molecule has 30 heavy (non-hydrogen) atoms. The SMILES string of the molecule is Cc1c(-c2ncn(C)n2)cnn(Cc2nc(C[C@H](O)c3ccc(Cl)cc3)no2)c1=O. The van der Waals surface area contributed by atoms with Gasteiger partial charge in [0.05, 0.1) is 12.3 Å². The first-order valence-corrected chi connectivity index (χ1v) is 9.46. The number of halogens is 1. The maximum Gasteiger partial charge on any atom is 0.270 e. The van der Waals surface area contributed by atoms with Crippen LogP contribution in [0.1, 0.15) is 28.9 Å². The molecule has 0 amide bonds. The van der Waals surface area contributed by atoms with E-state index >= 15 is 0 Å². The summed E-state index contributed by atoms with van der Waals surface area (Å²) in [6.45, 7) is 1.70. The summed E-state index contributed by atoms with van der Waals surface area (Å²) in [5.74, 6) is 0.973. The van der Waals surface area contributed by atoms with Crippen LogP contribution in [-0.4, -0.2) is 39.8 Å². The molecule has 1 N–H and O–H groups in total. The number of hydrogen-bond acceptors (Lipinski definition) is 8. The van der Waals surface area contributed by atoms with E-state index in [4.69, 9.17) is 16.1 Å². The van der Waals surface area contributed by atoms with Crippen molar-refractivity contribution in [1.82, 2.24) is 34.7 Å². The number of nitrogens with zero attached hydrogens (tertiary/aromatic N) is 7. The third kappa shape index (κ3) is 4.14. The van der Waals surface area contributed by atoms with Crippen molar-refractivity contribution in [3.05, 3.63) is 75.0 Å². The number of aliphatic hydroxyl groups excluding tert-OH is 1. The summed E-state index contributed by atoms with van der Waals surface area (Å²) in [7, 11) is 1.75. The molecule has 1 atom stereocenters. The van der Waals surface area contributed by atoms with E-state index in [1.807, 2.05) is 0 Å². The van der Waals surface area contributed by atoms with Crippen molar-refractivity contribution < 1.29 is 9.63 Å². The highest BCUT2D eigenvalue weighted by molar-refractivity contribution is 6.30. The van der Waals surface area contributed by atoms with E-state index in [9.17, 15) is 9.90 Å². The highest BCUT2D eigenvalue weighted by atomic mass is 35.5. The zero-order chi connectivity index (χ0) is 21.3. The van der Waals surface area contributed by atoms with Gasteiger partial charge in [-0.05, 0) is 24.6 Å². The third-order valence-corrected chi connectivity index (χ3v) is 4.80. The maximum absolute atomic E-state index is 12.7. The first kappa shape index (κ1) is 19.9. The average Bonchev–Trinajstić information content (AvgIpc) is 3.35. The van der Waals surface area contributed by atoms with E-state index in [1.165, 1.54) is 10.9 Å². The predicted molar refractivity (Wildman–Crippen MR) is 107 cm³/mol. The van der Waals surface area contributed by atoms with Gasteiger partial charge in [-0.15, -0.1) is 0 Å². The molecule has 0 spiro atoms. The Morgan fingerprint density at radius 2 is 2.03 bits per heavy atom. The Bertz CT molecular complexity index is 1230. The summed E-state index contributed by atoms with van der Waals surface area (Å²) in [4.78, 5) is 21.1. The molecular weight excluding hydrogens is 410 g/mol. The summed E-state index contributed by atoms with van der Waals surface area (Å²) < 4.78 is 8.00.